The maximum Gasteiger partial charge on any atom is 0.318 e. The molecule has 1 aliphatic heterocycles. The van der Waals surface area contributed by atoms with Gasteiger partial charge in [0.05, 0.1) is 18.2 Å². The lowest BCUT2D eigenvalue weighted by molar-refractivity contribution is -0.127. The van der Waals surface area contributed by atoms with Crippen molar-refractivity contribution in [3.8, 4) is 5.75 Å². The lowest BCUT2D eigenvalue weighted by Gasteiger charge is -2.37. The third kappa shape index (κ3) is 10.3. The van der Waals surface area contributed by atoms with Gasteiger partial charge in [0, 0.05) is 19.5 Å². The number of halogens is 2. The van der Waals surface area contributed by atoms with E-state index in [0.717, 1.165) is 23.1 Å². The average Bonchev–Trinajstić information content (AvgIpc) is 3.03. The van der Waals surface area contributed by atoms with Gasteiger partial charge in [0.1, 0.15) is 17.4 Å². The number of aryl methyl sites for hydroxylation is 2. The minimum absolute atomic E-state index is 0.0634. The van der Waals surface area contributed by atoms with Crippen molar-refractivity contribution in [2.24, 2.45) is 11.8 Å². The van der Waals surface area contributed by atoms with Crippen LogP contribution in [0.5, 0.6) is 5.75 Å². The van der Waals surface area contributed by atoms with Gasteiger partial charge in [0.2, 0.25) is 0 Å². The molecule has 10 heteroatoms. The second kappa shape index (κ2) is 17.2. The Morgan fingerprint density at radius 1 is 0.938 bits per heavy atom. The summed E-state index contributed by atoms with van der Waals surface area (Å²) in [7, 11) is 0. The van der Waals surface area contributed by atoms with Gasteiger partial charge in [-0.05, 0) is 97.9 Å². The Bertz CT molecular complexity index is 1510. The van der Waals surface area contributed by atoms with Crippen molar-refractivity contribution in [2.75, 3.05) is 19.7 Å². The molecule has 8 nitrogen and oxygen atoms in total. The van der Waals surface area contributed by atoms with Crippen LogP contribution in [0.15, 0.2) is 66.7 Å². The monoisotopic (exact) mass is 663 g/mol. The molecule has 1 aliphatic rings. The number of aliphatic hydroxyl groups is 1. The summed E-state index contributed by atoms with van der Waals surface area (Å²) in [6.07, 6.45) is 0.396. The highest BCUT2D eigenvalue weighted by Crippen LogP contribution is 2.26. The lowest BCUT2D eigenvalue weighted by atomic mass is 9.83. The number of hydrogen-bond donors (Lipinski definition) is 3. The number of hydrogen-bond acceptors (Lipinski definition) is 5. The third-order valence-corrected chi connectivity index (χ3v) is 8.85. The van der Waals surface area contributed by atoms with E-state index in [0.29, 0.717) is 30.8 Å². The van der Waals surface area contributed by atoms with E-state index in [4.69, 9.17) is 4.74 Å². The molecule has 4 rings (SSSR count). The van der Waals surface area contributed by atoms with Crippen molar-refractivity contribution in [3.63, 3.8) is 0 Å². The molecule has 3 aromatic carbocycles. The van der Waals surface area contributed by atoms with Crippen LogP contribution in [0.4, 0.5) is 13.6 Å². The number of para-hydroxylation sites is 1. The van der Waals surface area contributed by atoms with Crippen molar-refractivity contribution in [2.45, 2.75) is 78.0 Å². The first-order valence-electron chi connectivity index (χ1n) is 16.6. The highest BCUT2D eigenvalue weighted by molar-refractivity contribution is 5.89. The number of ketones is 1. The molecule has 4 atom stereocenters. The van der Waals surface area contributed by atoms with Gasteiger partial charge in [-0.15, -0.1) is 0 Å². The molecule has 0 bridgehead atoms. The molecule has 258 valence electrons. The molecule has 1 saturated heterocycles. The summed E-state index contributed by atoms with van der Waals surface area (Å²) in [5.41, 5.74) is 3.28. The number of Topliss-reactive ketones (excluding diaryl/α,β-unsaturated/α-hetero) is 1. The normalized spacial score (nSPS) is 15.8. The number of urea groups is 1. The van der Waals surface area contributed by atoms with Gasteiger partial charge >= 0.3 is 6.03 Å². The number of aliphatic hydroxyl groups excluding tert-OH is 1. The van der Waals surface area contributed by atoms with E-state index in [1.54, 1.807) is 29.2 Å². The Kier molecular flexibility index (Phi) is 13.1. The zero-order valence-electron chi connectivity index (χ0n) is 28.2. The molecule has 0 saturated carbocycles. The van der Waals surface area contributed by atoms with Crippen LogP contribution in [0.3, 0.4) is 0 Å². The molecule has 3 amide bonds. The van der Waals surface area contributed by atoms with Crippen LogP contribution in [-0.4, -0.2) is 65.6 Å². The maximum absolute atomic E-state index is 13.9. The molecule has 0 radical (unpaired) electrons. The zero-order valence-corrected chi connectivity index (χ0v) is 28.2. The number of amides is 3. The van der Waals surface area contributed by atoms with Crippen LogP contribution < -0.4 is 15.4 Å². The summed E-state index contributed by atoms with van der Waals surface area (Å²) in [6.45, 7) is 8.36. The van der Waals surface area contributed by atoms with Crippen molar-refractivity contribution < 1.29 is 33.0 Å². The number of benzene rings is 3. The van der Waals surface area contributed by atoms with E-state index >= 15 is 0 Å². The van der Waals surface area contributed by atoms with Crippen molar-refractivity contribution >= 4 is 17.7 Å². The Hall–Kier alpha value is -4.31. The first kappa shape index (κ1) is 36.5. The number of rotatable bonds is 16. The zero-order chi connectivity index (χ0) is 34.8. The SMILES string of the molecule is Cc1cccc(C)c1OCC(=O)N[C@@H](Cc1ccc(F)cc1)[C@@H](O)C[C@@H](CC(=O)[C@H](C(C)C)N1CCCNC1=O)Cc1ccc(F)cc1. The molecule has 3 aromatic rings. The van der Waals surface area contributed by atoms with Crippen LogP contribution in [0, 0.1) is 37.3 Å². The maximum atomic E-state index is 13.9. The van der Waals surface area contributed by atoms with Gasteiger partial charge in [-0.2, -0.15) is 0 Å². The standard InChI is InChI=1S/C38H47F2N3O5/c1-24(2)36(43-18-6-17-41-38(43)47)34(45)22-29(19-27-9-13-30(39)14-10-27)21-33(44)32(20-28-11-15-31(40)16-12-28)42-35(46)23-48-37-25(3)7-5-8-26(37)4/h5,7-16,24,29,32-33,36,44H,6,17-23H2,1-4H3,(H,41,47)(H,42,46)/t29-,32-,33-,36-/m0/s1. The fourth-order valence-corrected chi connectivity index (χ4v) is 6.49. The molecule has 0 aliphatic carbocycles. The number of carbonyl (C=O) groups is 3. The Labute approximate surface area is 281 Å². The van der Waals surface area contributed by atoms with E-state index in [9.17, 15) is 28.3 Å². The fraction of sp³-hybridized carbons (Fsp3) is 0.447. The summed E-state index contributed by atoms with van der Waals surface area (Å²) in [5.74, 6) is -1.27. The smallest absolute Gasteiger partial charge is 0.318 e. The van der Waals surface area contributed by atoms with E-state index in [2.05, 4.69) is 10.6 Å². The van der Waals surface area contributed by atoms with E-state index in [1.165, 1.54) is 24.3 Å². The topological polar surface area (TPSA) is 108 Å². The molecular formula is C38H47F2N3O5. The van der Waals surface area contributed by atoms with Gasteiger partial charge in [-0.3, -0.25) is 9.59 Å². The van der Waals surface area contributed by atoms with Gasteiger partial charge in [-0.1, -0.05) is 56.3 Å². The number of nitrogens with one attached hydrogen (secondary N) is 2. The quantitative estimate of drug-likeness (QED) is 0.182. The van der Waals surface area contributed by atoms with E-state index in [1.807, 2.05) is 45.9 Å². The van der Waals surface area contributed by atoms with Crippen LogP contribution in [0.2, 0.25) is 0 Å². The predicted molar refractivity (Wildman–Crippen MR) is 181 cm³/mol. The molecule has 1 fully saturated rings. The number of nitrogens with zero attached hydrogens (tertiary/aromatic N) is 1. The lowest BCUT2D eigenvalue weighted by Crippen LogP contribution is -2.55. The summed E-state index contributed by atoms with van der Waals surface area (Å²) >= 11 is 0. The predicted octanol–water partition coefficient (Wildman–Crippen LogP) is 5.70. The second-order valence-corrected chi connectivity index (χ2v) is 13.2. The third-order valence-electron chi connectivity index (χ3n) is 8.85. The van der Waals surface area contributed by atoms with Gasteiger partial charge < -0.3 is 25.4 Å². The van der Waals surface area contributed by atoms with Gasteiger partial charge in [0.25, 0.3) is 5.91 Å². The Morgan fingerprint density at radius 3 is 2.08 bits per heavy atom. The molecule has 0 unspecified atom stereocenters. The minimum Gasteiger partial charge on any atom is -0.483 e. The fourth-order valence-electron chi connectivity index (χ4n) is 6.49. The van der Waals surface area contributed by atoms with Crippen molar-refractivity contribution in [1.29, 1.82) is 0 Å². The van der Waals surface area contributed by atoms with Crippen molar-refractivity contribution in [3.05, 3.63) is 101 Å². The molecular weight excluding hydrogens is 616 g/mol. The summed E-state index contributed by atoms with van der Waals surface area (Å²) < 4.78 is 33.3. The average molecular weight is 664 g/mol. The van der Waals surface area contributed by atoms with Gasteiger partial charge in [-0.25, -0.2) is 13.6 Å². The van der Waals surface area contributed by atoms with Crippen molar-refractivity contribution in [1.82, 2.24) is 15.5 Å². The Morgan fingerprint density at radius 2 is 1.52 bits per heavy atom. The first-order chi connectivity index (χ1) is 22.9. The largest absolute Gasteiger partial charge is 0.483 e. The number of carbonyl (C=O) groups excluding carboxylic acids is 3. The molecule has 3 N–H and O–H groups in total. The first-order valence-corrected chi connectivity index (χ1v) is 16.6. The summed E-state index contributed by atoms with van der Waals surface area (Å²) in [6, 6.07) is 15.9. The van der Waals surface area contributed by atoms with E-state index < -0.39 is 35.8 Å². The van der Waals surface area contributed by atoms with Crippen LogP contribution in [0.25, 0.3) is 0 Å². The second-order valence-electron chi connectivity index (χ2n) is 13.2. The highest BCUT2D eigenvalue weighted by atomic mass is 19.1. The minimum atomic E-state index is -1.10. The Balaban J connectivity index is 1.55. The van der Waals surface area contributed by atoms with Gasteiger partial charge in [0.15, 0.2) is 12.4 Å². The van der Waals surface area contributed by atoms with E-state index in [-0.39, 0.29) is 49.4 Å². The highest BCUT2D eigenvalue weighted by Gasteiger charge is 2.35. The summed E-state index contributed by atoms with van der Waals surface area (Å²) in [5, 5.41) is 17.5. The molecule has 0 aromatic heterocycles. The number of ether oxygens (including phenoxy) is 1. The van der Waals surface area contributed by atoms with Crippen LogP contribution >= 0.6 is 0 Å². The van der Waals surface area contributed by atoms with Crippen LogP contribution in [-0.2, 0) is 22.4 Å². The molecule has 0 spiro atoms. The summed E-state index contributed by atoms with van der Waals surface area (Å²) in [4.78, 5) is 41.4. The molecule has 48 heavy (non-hydrogen) atoms. The van der Waals surface area contributed by atoms with Crippen LogP contribution in [0.1, 0.15) is 55.4 Å². The molecule has 1 heterocycles.